The molecule has 5 heteroatoms. The Morgan fingerprint density at radius 3 is 2.75 bits per heavy atom. The number of benzene rings is 1. The van der Waals surface area contributed by atoms with Crippen molar-refractivity contribution in [1.82, 2.24) is 4.98 Å². The van der Waals surface area contributed by atoms with Crippen molar-refractivity contribution in [2.24, 2.45) is 5.73 Å². The number of pyridine rings is 1. The molecule has 3 nitrogen and oxygen atoms in total. The number of furan rings is 1. The summed E-state index contributed by atoms with van der Waals surface area (Å²) in [4.78, 5) is 4.30. The molecule has 0 fully saturated rings. The summed E-state index contributed by atoms with van der Waals surface area (Å²) in [6, 6.07) is 7.54. The Labute approximate surface area is 114 Å². The zero-order chi connectivity index (χ0) is 14.3. The summed E-state index contributed by atoms with van der Waals surface area (Å²) in [6.45, 7) is 1.86. The Morgan fingerprint density at radius 1 is 1.15 bits per heavy atom. The molecule has 0 spiro atoms. The first-order valence-electron chi connectivity index (χ1n) is 6.12. The highest BCUT2D eigenvalue weighted by Crippen LogP contribution is 2.27. The molecule has 0 aliphatic heterocycles. The Bertz CT molecular complexity index is 783. The molecule has 2 aromatic heterocycles. The van der Waals surface area contributed by atoms with Gasteiger partial charge in [-0.1, -0.05) is 0 Å². The van der Waals surface area contributed by atoms with E-state index in [2.05, 4.69) is 4.98 Å². The molecule has 0 aliphatic rings. The normalized spacial score (nSPS) is 12.8. The van der Waals surface area contributed by atoms with Crippen molar-refractivity contribution in [1.29, 1.82) is 0 Å². The van der Waals surface area contributed by atoms with Crippen LogP contribution in [0.1, 0.15) is 23.1 Å². The third-order valence-electron chi connectivity index (χ3n) is 3.13. The van der Waals surface area contributed by atoms with Gasteiger partial charge in [-0.05, 0) is 37.3 Å². The second-order valence-electron chi connectivity index (χ2n) is 4.63. The number of rotatable bonds is 2. The molecule has 0 saturated carbocycles. The first-order chi connectivity index (χ1) is 9.54. The minimum Gasteiger partial charge on any atom is -0.457 e. The highest BCUT2D eigenvalue weighted by molar-refractivity contribution is 5.73. The van der Waals surface area contributed by atoms with E-state index in [1.807, 2.05) is 13.0 Å². The highest BCUT2D eigenvalue weighted by Gasteiger charge is 2.19. The summed E-state index contributed by atoms with van der Waals surface area (Å²) in [6.07, 6.45) is 0. The number of aryl methyl sites for hydroxylation is 1. The van der Waals surface area contributed by atoms with Gasteiger partial charge in [0.1, 0.15) is 22.9 Å². The fourth-order valence-electron chi connectivity index (χ4n) is 2.10. The van der Waals surface area contributed by atoms with E-state index in [-0.39, 0.29) is 5.56 Å². The predicted molar refractivity (Wildman–Crippen MR) is 71.1 cm³/mol. The van der Waals surface area contributed by atoms with Crippen LogP contribution in [0, 0.1) is 18.6 Å². The molecule has 0 saturated heterocycles. The maximum Gasteiger partial charge on any atom is 0.152 e. The Hall–Kier alpha value is -2.27. The molecular weight excluding hydrogens is 262 g/mol. The molecule has 3 aromatic rings. The third-order valence-corrected chi connectivity index (χ3v) is 3.13. The van der Waals surface area contributed by atoms with Gasteiger partial charge in [-0.15, -0.1) is 0 Å². The largest absolute Gasteiger partial charge is 0.457 e. The van der Waals surface area contributed by atoms with Crippen molar-refractivity contribution < 1.29 is 13.2 Å². The topological polar surface area (TPSA) is 52.0 Å². The summed E-state index contributed by atoms with van der Waals surface area (Å²) in [5.41, 5.74) is 8.07. The minimum atomic E-state index is -0.875. The van der Waals surface area contributed by atoms with Crippen LogP contribution in [0.5, 0.6) is 0 Å². The lowest BCUT2D eigenvalue weighted by Gasteiger charge is -2.10. The highest BCUT2D eigenvalue weighted by atomic mass is 19.1. The van der Waals surface area contributed by atoms with E-state index < -0.39 is 17.7 Å². The first kappa shape index (κ1) is 12.7. The molecule has 20 heavy (non-hydrogen) atoms. The molecule has 0 bridgehead atoms. The van der Waals surface area contributed by atoms with Crippen LogP contribution in [0.3, 0.4) is 0 Å². The van der Waals surface area contributed by atoms with Gasteiger partial charge >= 0.3 is 0 Å². The number of nitrogens with zero attached hydrogens (tertiary/aromatic N) is 1. The summed E-state index contributed by atoms with van der Waals surface area (Å²) in [5.74, 6) is -0.756. The van der Waals surface area contributed by atoms with E-state index >= 15 is 0 Å². The van der Waals surface area contributed by atoms with Crippen LogP contribution in [-0.2, 0) is 0 Å². The van der Waals surface area contributed by atoms with E-state index in [4.69, 9.17) is 10.2 Å². The second kappa shape index (κ2) is 4.68. The quantitative estimate of drug-likeness (QED) is 0.778. The van der Waals surface area contributed by atoms with Crippen molar-refractivity contribution in [3.63, 3.8) is 0 Å². The molecule has 102 valence electrons. The number of hydrogen-bond donors (Lipinski definition) is 1. The zero-order valence-corrected chi connectivity index (χ0v) is 10.7. The zero-order valence-electron chi connectivity index (χ0n) is 10.7. The van der Waals surface area contributed by atoms with Crippen LogP contribution in [0.25, 0.3) is 11.1 Å². The molecule has 0 aliphatic carbocycles. The Balaban J connectivity index is 2.07. The van der Waals surface area contributed by atoms with Crippen LogP contribution in [0.4, 0.5) is 8.78 Å². The molecule has 0 amide bonds. The van der Waals surface area contributed by atoms with Gasteiger partial charge < -0.3 is 10.2 Å². The number of fused-ring (bicyclic) bond motifs is 1. The molecule has 1 unspecified atom stereocenters. The summed E-state index contributed by atoms with van der Waals surface area (Å²) < 4.78 is 32.5. The average Bonchev–Trinajstić information content (AvgIpc) is 2.83. The SMILES string of the molecule is Cc1ccc2oc(C(N)c3cc(F)ccc3F)cc2n1. The lowest BCUT2D eigenvalue weighted by molar-refractivity contribution is 0.506. The van der Waals surface area contributed by atoms with Crippen LogP contribution < -0.4 is 5.73 Å². The van der Waals surface area contributed by atoms with Gasteiger partial charge in [-0.25, -0.2) is 13.8 Å². The van der Waals surface area contributed by atoms with Crippen LogP contribution in [0.2, 0.25) is 0 Å². The van der Waals surface area contributed by atoms with Gasteiger partial charge in [-0.3, -0.25) is 0 Å². The molecule has 0 radical (unpaired) electrons. The number of halogens is 2. The van der Waals surface area contributed by atoms with Crippen LogP contribution in [-0.4, -0.2) is 4.98 Å². The maximum atomic E-state index is 13.7. The smallest absolute Gasteiger partial charge is 0.152 e. The van der Waals surface area contributed by atoms with Gasteiger partial charge in [0, 0.05) is 17.3 Å². The molecule has 3 rings (SSSR count). The fraction of sp³-hybridized carbons (Fsp3) is 0.133. The average molecular weight is 274 g/mol. The molecule has 1 atom stereocenters. The van der Waals surface area contributed by atoms with Crippen molar-refractivity contribution in [2.45, 2.75) is 13.0 Å². The standard InChI is InChI=1S/C15H12F2N2O/c1-8-2-5-13-12(19-8)7-14(20-13)15(18)10-6-9(16)3-4-11(10)17/h2-7,15H,18H2,1H3. The van der Waals surface area contributed by atoms with Crippen LogP contribution in [0.15, 0.2) is 40.8 Å². The first-order valence-corrected chi connectivity index (χ1v) is 6.12. The third kappa shape index (κ3) is 2.16. The van der Waals surface area contributed by atoms with E-state index in [1.165, 1.54) is 0 Å². The maximum absolute atomic E-state index is 13.7. The molecule has 1 aromatic carbocycles. The van der Waals surface area contributed by atoms with Gasteiger partial charge in [0.2, 0.25) is 0 Å². The van der Waals surface area contributed by atoms with Gasteiger partial charge in [0.05, 0.1) is 6.04 Å². The molecular formula is C15H12F2N2O. The monoisotopic (exact) mass is 274 g/mol. The van der Waals surface area contributed by atoms with Gasteiger partial charge in [0.25, 0.3) is 0 Å². The summed E-state index contributed by atoms with van der Waals surface area (Å²) in [5, 5.41) is 0. The second-order valence-corrected chi connectivity index (χ2v) is 4.63. The van der Waals surface area contributed by atoms with E-state index in [0.29, 0.717) is 16.9 Å². The van der Waals surface area contributed by atoms with Crippen LogP contribution >= 0.6 is 0 Å². The lowest BCUT2D eigenvalue weighted by Crippen LogP contribution is -2.13. The fourth-order valence-corrected chi connectivity index (χ4v) is 2.10. The van der Waals surface area contributed by atoms with Crippen molar-refractivity contribution in [2.75, 3.05) is 0 Å². The lowest BCUT2D eigenvalue weighted by atomic mass is 10.0. The van der Waals surface area contributed by atoms with Gasteiger partial charge in [0.15, 0.2) is 5.58 Å². The number of hydrogen-bond acceptors (Lipinski definition) is 3. The number of nitrogens with two attached hydrogens (primary N) is 1. The van der Waals surface area contributed by atoms with Crippen molar-refractivity contribution in [3.8, 4) is 0 Å². The molecule has 2 N–H and O–H groups in total. The summed E-state index contributed by atoms with van der Waals surface area (Å²) in [7, 11) is 0. The van der Waals surface area contributed by atoms with E-state index in [9.17, 15) is 8.78 Å². The van der Waals surface area contributed by atoms with Gasteiger partial charge in [-0.2, -0.15) is 0 Å². The number of aromatic nitrogens is 1. The van der Waals surface area contributed by atoms with E-state index in [1.54, 1.807) is 12.1 Å². The predicted octanol–water partition coefficient (Wildman–Crippen LogP) is 3.46. The van der Waals surface area contributed by atoms with Crippen molar-refractivity contribution in [3.05, 3.63) is 65.1 Å². The minimum absolute atomic E-state index is 0.0563. The molecule has 2 heterocycles. The van der Waals surface area contributed by atoms with E-state index in [0.717, 1.165) is 23.9 Å². The Morgan fingerprint density at radius 2 is 1.95 bits per heavy atom. The Kier molecular flexibility index (Phi) is 2.99. The summed E-state index contributed by atoms with van der Waals surface area (Å²) >= 11 is 0. The van der Waals surface area contributed by atoms with Crippen molar-refractivity contribution >= 4 is 11.1 Å².